The molecule has 0 radical (unpaired) electrons. The molecule has 0 fully saturated rings. The lowest BCUT2D eigenvalue weighted by atomic mass is 10.1. The van der Waals surface area contributed by atoms with Crippen LogP contribution in [0.3, 0.4) is 0 Å². The van der Waals surface area contributed by atoms with Crippen LogP contribution in [0, 0.1) is 0 Å². The van der Waals surface area contributed by atoms with Gasteiger partial charge in [-0.25, -0.2) is 18.6 Å². The molecule has 0 saturated carbocycles. The van der Waals surface area contributed by atoms with Crippen molar-refractivity contribution in [1.82, 2.24) is 4.98 Å². The van der Waals surface area contributed by atoms with E-state index in [0.29, 0.717) is 0 Å². The van der Waals surface area contributed by atoms with Gasteiger partial charge in [-0.15, -0.1) is 0 Å². The van der Waals surface area contributed by atoms with Gasteiger partial charge in [-0.05, 0) is 6.07 Å². The summed E-state index contributed by atoms with van der Waals surface area (Å²) in [5, 5.41) is 8.33. The summed E-state index contributed by atoms with van der Waals surface area (Å²) in [6, 6.07) is 0.931. The molecule has 0 spiro atoms. The van der Waals surface area contributed by atoms with Crippen molar-refractivity contribution in [3.8, 4) is 0 Å². The van der Waals surface area contributed by atoms with Crippen LogP contribution in [0.15, 0.2) is 6.07 Å². The first kappa shape index (κ1) is 11.8. The van der Waals surface area contributed by atoms with Crippen LogP contribution in [-0.4, -0.2) is 16.1 Å². The predicted octanol–water partition coefficient (Wildman–Crippen LogP) is 1.83. The molecular weight excluding hydrogens is 230 g/mol. The van der Waals surface area contributed by atoms with E-state index in [0.717, 1.165) is 6.07 Å². The second-order valence-electron chi connectivity index (χ2n) is 2.66. The van der Waals surface area contributed by atoms with Crippen molar-refractivity contribution in [2.45, 2.75) is 13.0 Å². The summed E-state index contributed by atoms with van der Waals surface area (Å²) in [4.78, 5) is 14.1. The number of alkyl halides is 2. The molecule has 3 N–H and O–H groups in total. The van der Waals surface area contributed by atoms with Crippen molar-refractivity contribution in [3.63, 3.8) is 0 Å². The summed E-state index contributed by atoms with van der Waals surface area (Å²) in [6.07, 6.45) is -2.86. The van der Waals surface area contributed by atoms with Gasteiger partial charge in [0.1, 0.15) is 5.69 Å². The Bertz CT molecular complexity index is 398. The molecule has 15 heavy (non-hydrogen) atoms. The van der Waals surface area contributed by atoms with E-state index in [1.54, 1.807) is 0 Å². The molecule has 1 aromatic rings. The minimum Gasteiger partial charge on any atom is -0.478 e. The van der Waals surface area contributed by atoms with Gasteiger partial charge in [-0.3, -0.25) is 0 Å². The largest absolute Gasteiger partial charge is 0.478 e. The van der Waals surface area contributed by atoms with Crippen molar-refractivity contribution in [3.05, 3.63) is 28.0 Å². The summed E-state index contributed by atoms with van der Waals surface area (Å²) in [5.41, 5.74) is 4.18. The Morgan fingerprint density at radius 1 is 1.67 bits per heavy atom. The number of carboxylic acid groups (broad SMARTS) is 1. The van der Waals surface area contributed by atoms with E-state index >= 15 is 0 Å². The average molecular weight is 237 g/mol. The Labute approximate surface area is 88.7 Å². The Balaban J connectivity index is 3.35. The second kappa shape index (κ2) is 4.50. The average Bonchev–Trinajstić information content (AvgIpc) is 2.16. The van der Waals surface area contributed by atoms with Gasteiger partial charge in [0.2, 0.25) is 0 Å². The lowest BCUT2D eigenvalue weighted by Gasteiger charge is -2.07. The van der Waals surface area contributed by atoms with Gasteiger partial charge in [-0.1, -0.05) is 11.6 Å². The third-order valence-corrected chi connectivity index (χ3v) is 2.02. The molecule has 0 aliphatic rings. The molecule has 4 nitrogen and oxygen atoms in total. The standard InChI is InChI=1S/C8H7ClF2N2O2/c9-4-1-3(8(14)15)5(2-12)13-6(4)7(10)11/h1,7H,2,12H2,(H,14,15). The number of carbonyl (C=O) groups is 1. The van der Waals surface area contributed by atoms with Crippen LogP contribution in [0.2, 0.25) is 5.02 Å². The van der Waals surface area contributed by atoms with Crippen molar-refractivity contribution < 1.29 is 18.7 Å². The second-order valence-corrected chi connectivity index (χ2v) is 3.07. The maximum atomic E-state index is 12.3. The monoisotopic (exact) mass is 236 g/mol. The van der Waals surface area contributed by atoms with Crippen LogP contribution in [-0.2, 0) is 6.54 Å². The fourth-order valence-corrected chi connectivity index (χ4v) is 1.27. The predicted molar refractivity (Wildman–Crippen MR) is 49.1 cm³/mol. The third kappa shape index (κ3) is 2.40. The van der Waals surface area contributed by atoms with Gasteiger partial charge in [0.05, 0.1) is 16.3 Å². The van der Waals surface area contributed by atoms with E-state index < -0.39 is 18.1 Å². The van der Waals surface area contributed by atoms with E-state index in [2.05, 4.69) is 4.98 Å². The number of carboxylic acids is 1. The third-order valence-electron chi connectivity index (χ3n) is 1.71. The van der Waals surface area contributed by atoms with Crippen molar-refractivity contribution in [2.24, 2.45) is 5.73 Å². The lowest BCUT2D eigenvalue weighted by molar-refractivity contribution is 0.0694. The topological polar surface area (TPSA) is 76.2 Å². The molecule has 1 aromatic heterocycles. The molecule has 0 amide bonds. The van der Waals surface area contributed by atoms with Gasteiger partial charge >= 0.3 is 5.97 Å². The van der Waals surface area contributed by atoms with Crippen molar-refractivity contribution in [2.75, 3.05) is 0 Å². The first-order valence-electron chi connectivity index (χ1n) is 3.88. The molecule has 0 atom stereocenters. The van der Waals surface area contributed by atoms with E-state index in [-0.39, 0.29) is 22.8 Å². The number of aromatic carboxylic acids is 1. The van der Waals surface area contributed by atoms with Crippen LogP contribution in [0.4, 0.5) is 8.78 Å². The fourth-order valence-electron chi connectivity index (χ4n) is 1.04. The summed E-state index contributed by atoms with van der Waals surface area (Å²) >= 11 is 5.45. The highest BCUT2D eigenvalue weighted by Crippen LogP contribution is 2.27. The Hall–Kier alpha value is -1.27. The van der Waals surface area contributed by atoms with Gasteiger partial charge in [0.25, 0.3) is 6.43 Å². The molecule has 0 saturated heterocycles. The molecule has 0 aromatic carbocycles. The highest BCUT2D eigenvalue weighted by atomic mass is 35.5. The van der Waals surface area contributed by atoms with Crippen LogP contribution in [0.5, 0.6) is 0 Å². The first-order valence-corrected chi connectivity index (χ1v) is 4.26. The molecule has 0 unspecified atom stereocenters. The molecule has 7 heteroatoms. The highest BCUT2D eigenvalue weighted by molar-refractivity contribution is 6.31. The maximum Gasteiger partial charge on any atom is 0.337 e. The smallest absolute Gasteiger partial charge is 0.337 e. The Kier molecular flexibility index (Phi) is 3.54. The number of nitrogens with zero attached hydrogens (tertiary/aromatic N) is 1. The number of hydrogen-bond acceptors (Lipinski definition) is 3. The van der Waals surface area contributed by atoms with E-state index in [1.165, 1.54) is 0 Å². The summed E-state index contributed by atoms with van der Waals surface area (Å²) in [7, 11) is 0. The van der Waals surface area contributed by atoms with E-state index in [9.17, 15) is 13.6 Å². The minimum absolute atomic E-state index is 0.109. The molecule has 0 aliphatic carbocycles. The summed E-state index contributed by atoms with van der Waals surface area (Å²) < 4.78 is 24.7. The van der Waals surface area contributed by atoms with Gasteiger partial charge in [-0.2, -0.15) is 0 Å². The zero-order valence-electron chi connectivity index (χ0n) is 7.38. The van der Waals surface area contributed by atoms with Crippen LogP contribution >= 0.6 is 11.6 Å². The van der Waals surface area contributed by atoms with Gasteiger partial charge in [0.15, 0.2) is 0 Å². The summed E-state index contributed by atoms with van der Waals surface area (Å²) in [5.74, 6) is -1.30. The summed E-state index contributed by atoms with van der Waals surface area (Å²) in [6.45, 7) is -0.238. The molecule has 0 aliphatic heterocycles. The molecule has 1 heterocycles. The number of rotatable bonds is 3. The number of nitrogens with two attached hydrogens (primary N) is 1. The van der Waals surface area contributed by atoms with E-state index in [4.69, 9.17) is 22.4 Å². The maximum absolute atomic E-state index is 12.3. The molecule has 1 rings (SSSR count). The zero-order valence-corrected chi connectivity index (χ0v) is 8.13. The van der Waals surface area contributed by atoms with Gasteiger partial charge < -0.3 is 10.8 Å². The van der Waals surface area contributed by atoms with Crippen LogP contribution in [0.1, 0.15) is 28.2 Å². The number of hydrogen-bond donors (Lipinski definition) is 2. The van der Waals surface area contributed by atoms with Crippen molar-refractivity contribution in [1.29, 1.82) is 0 Å². The van der Waals surface area contributed by atoms with E-state index in [1.807, 2.05) is 0 Å². The lowest BCUT2D eigenvalue weighted by Crippen LogP contribution is -2.11. The Morgan fingerprint density at radius 2 is 2.27 bits per heavy atom. The Morgan fingerprint density at radius 3 is 2.67 bits per heavy atom. The zero-order chi connectivity index (χ0) is 11.6. The molecule has 82 valence electrons. The molecular formula is C8H7ClF2N2O2. The number of pyridine rings is 1. The highest BCUT2D eigenvalue weighted by Gasteiger charge is 2.19. The van der Waals surface area contributed by atoms with Gasteiger partial charge in [0, 0.05) is 6.54 Å². The normalized spacial score (nSPS) is 10.7. The fraction of sp³-hybridized carbons (Fsp3) is 0.250. The van der Waals surface area contributed by atoms with Crippen LogP contribution < -0.4 is 5.73 Å². The first-order chi connectivity index (χ1) is 6.97. The minimum atomic E-state index is -2.86. The number of halogens is 3. The van der Waals surface area contributed by atoms with Crippen molar-refractivity contribution >= 4 is 17.6 Å². The quantitative estimate of drug-likeness (QED) is 0.839. The van der Waals surface area contributed by atoms with Crippen LogP contribution in [0.25, 0.3) is 0 Å². The number of aromatic nitrogens is 1. The SMILES string of the molecule is NCc1nc(C(F)F)c(Cl)cc1C(=O)O. The molecule has 0 bridgehead atoms.